The summed E-state index contributed by atoms with van der Waals surface area (Å²) in [5.41, 5.74) is 0.474. The minimum atomic E-state index is -0.338. The topological polar surface area (TPSA) is 80.4 Å². The largest absolute Gasteiger partial charge is 0.392 e. The lowest BCUT2D eigenvalue weighted by Gasteiger charge is -2.55. The summed E-state index contributed by atoms with van der Waals surface area (Å²) in [6.45, 7) is 1.85. The smallest absolute Gasteiger partial charge is 0.258 e. The predicted molar refractivity (Wildman–Crippen MR) is 83.4 cm³/mol. The van der Waals surface area contributed by atoms with Crippen LogP contribution in [0.5, 0.6) is 0 Å². The molecule has 1 spiro atoms. The van der Waals surface area contributed by atoms with Crippen molar-refractivity contribution in [2.24, 2.45) is 5.41 Å². The minimum absolute atomic E-state index is 0.0899. The van der Waals surface area contributed by atoms with Gasteiger partial charge < -0.3 is 19.7 Å². The summed E-state index contributed by atoms with van der Waals surface area (Å²) in [6, 6.07) is 6.30. The van der Waals surface area contributed by atoms with Gasteiger partial charge in [0.15, 0.2) is 5.82 Å². The number of halogens is 1. The van der Waals surface area contributed by atoms with Crippen LogP contribution in [-0.4, -0.2) is 40.6 Å². The van der Waals surface area contributed by atoms with Gasteiger partial charge in [-0.2, -0.15) is 4.98 Å². The summed E-state index contributed by atoms with van der Waals surface area (Å²) in [6.07, 6.45) is 2.19. The molecule has 0 bridgehead atoms. The molecular weight excluding hydrogens is 313 g/mol. The van der Waals surface area contributed by atoms with Crippen molar-refractivity contribution in [2.75, 3.05) is 13.2 Å². The first kappa shape index (κ1) is 15.7. The Morgan fingerprint density at radius 3 is 2.92 bits per heavy atom. The molecule has 1 aromatic carbocycles. The van der Waals surface area contributed by atoms with Crippen molar-refractivity contribution in [2.45, 2.75) is 38.0 Å². The highest BCUT2D eigenvalue weighted by atomic mass is 19.1. The second-order valence-electron chi connectivity index (χ2n) is 6.56. The quantitative estimate of drug-likeness (QED) is 0.889. The van der Waals surface area contributed by atoms with Crippen LogP contribution in [0.25, 0.3) is 11.5 Å². The Balaban J connectivity index is 1.40. The third-order valence-corrected chi connectivity index (χ3v) is 5.29. The maximum atomic E-state index is 13.3. The fourth-order valence-corrected chi connectivity index (χ4v) is 3.76. The molecule has 2 aromatic rings. The fourth-order valence-electron chi connectivity index (χ4n) is 3.76. The van der Waals surface area contributed by atoms with Crippen LogP contribution in [-0.2, 0) is 11.3 Å². The Morgan fingerprint density at radius 1 is 1.33 bits per heavy atom. The fraction of sp³-hybridized carbons (Fsp3) is 0.529. The van der Waals surface area contributed by atoms with Crippen molar-refractivity contribution in [3.63, 3.8) is 0 Å². The summed E-state index contributed by atoms with van der Waals surface area (Å²) in [7, 11) is 0. The first-order valence-electron chi connectivity index (χ1n) is 8.25. The standard InChI is InChI=1S/C17H20FN3O3/c18-12-3-1-2-11(8-12)16-20-15(21-24-16)10-19-13-9-14(22)17(13)4-6-23-7-5-17/h1-3,8,13-14,19,22H,4-7,9-10H2. The van der Waals surface area contributed by atoms with E-state index in [-0.39, 0.29) is 23.4 Å². The second kappa shape index (κ2) is 6.23. The van der Waals surface area contributed by atoms with Gasteiger partial charge in [0.2, 0.25) is 0 Å². The maximum absolute atomic E-state index is 13.3. The summed E-state index contributed by atoms with van der Waals surface area (Å²) < 4.78 is 23.9. The van der Waals surface area contributed by atoms with Crippen LogP contribution in [0.2, 0.25) is 0 Å². The average Bonchev–Trinajstić information content (AvgIpc) is 3.08. The average molecular weight is 333 g/mol. The van der Waals surface area contributed by atoms with Gasteiger partial charge in [0.05, 0.1) is 12.6 Å². The van der Waals surface area contributed by atoms with Crippen molar-refractivity contribution in [1.29, 1.82) is 0 Å². The van der Waals surface area contributed by atoms with E-state index in [0.29, 0.717) is 37.0 Å². The zero-order valence-electron chi connectivity index (χ0n) is 13.2. The highest BCUT2D eigenvalue weighted by Crippen LogP contribution is 2.48. The van der Waals surface area contributed by atoms with E-state index in [9.17, 15) is 9.50 Å². The number of aliphatic hydroxyl groups excluding tert-OH is 1. The van der Waals surface area contributed by atoms with Gasteiger partial charge >= 0.3 is 0 Å². The van der Waals surface area contributed by atoms with Gasteiger partial charge in [0.25, 0.3) is 5.89 Å². The Labute approximate surface area is 139 Å². The van der Waals surface area contributed by atoms with E-state index in [1.807, 2.05) is 0 Å². The van der Waals surface area contributed by atoms with Crippen molar-refractivity contribution in [3.05, 3.63) is 35.9 Å². The highest BCUT2D eigenvalue weighted by Gasteiger charge is 2.54. The number of rotatable bonds is 4. The Bertz CT molecular complexity index is 715. The van der Waals surface area contributed by atoms with E-state index in [4.69, 9.17) is 9.26 Å². The SMILES string of the molecule is OC1CC(NCc2noc(-c3cccc(F)c3)n2)C12CCOCC2. The third-order valence-electron chi connectivity index (χ3n) is 5.29. The van der Waals surface area contributed by atoms with Crippen LogP contribution >= 0.6 is 0 Å². The van der Waals surface area contributed by atoms with Gasteiger partial charge in [-0.25, -0.2) is 4.39 Å². The number of hydrogen-bond donors (Lipinski definition) is 2. The molecule has 0 radical (unpaired) electrons. The molecular formula is C17H20FN3O3. The van der Waals surface area contributed by atoms with Crippen molar-refractivity contribution in [3.8, 4) is 11.5 Å². The van der Waals surface area contributed by atoms with E-state index >= 15 is 0 Å². The lowest BCUT2D eigenvalue weighted by molar-refractivity contribution is -0.149. The van der Waals surface area contributed by atoms with Crippen LogP contribution in [0, 0.1) is 11.2 Å². The number of ether oxygens (including phenoxy) is 1. The lowest BCUT2D eigenvalue weighted by atomic mass is 9.58. The van der Waals surface area contributed by atoms with Crippen molar-refractivity contribution in [1.82, 2.24) is 15.5 Å². The number of aliphatic hydroxyl groups is 1. The molecule has 2 aliphatic rings. The first-order chi connectivity index (χ1) is 11.7. The van der Waals surface area contributed by atoms with Crippen molar-refractivity contribution < 1.29 is 18.8 Å². The van der Waals surface area contributed by atoms with Crippen molar-refractivity contribution >= 4 is 0 Å². The van der Waals surface area contributed by atoms with Gasteiger partial charge in [0, 0.05) is 30.2 Å². The summed E-state index contributed by atoms with van der Waals surface area (Å²) >= 11 is 0. The van der Waals surface area contributed by atoms with Crippen LogP contribution in [0.1, 0.15) is 25.1 Å². The summed E-state index contributed by atoms with van der Waals surface area (Å²) in [5.74, 6) is 0.494. The molecule has 4 rings (SSSR count). The molecule has 24 heavy (non-hydrogen) atoms. The molecule has 128 valence electrons. The first-order valence-corrected chi connectivity index (χ1v) is 8.25. The molecule has 1 saturated heterocycles. The Hall–Kier alpha value is -1.83. The number of benzene rings is 1. The summed E-state index contributed by atoms with van der Waals surface area (Å²) in [5, 5.41) is 17.6. The van der Waals surface area contributed by atoms with Gasteiger partial charge in [-0.15, -0.1) is 0 Å². The molecule has 7 heteroatoms. The Kier molecular flexibility index (Phi) is 4.07. The van der Waals surface area contributed by atoms with Gasteiger partial charge in [-0.05, 0) is 37.5 Å². The molecule has 6 nitrogen and oxygen atoms in total. The van der Waals surface area contributed by atoms with E-state index in [2.05, 4.69) is 15.5 Å². The zero-order chi connectivity index (χ0) is 16.6. The molecule has 2 atom stereocenters. The van der Waals surface area contributed by atoms with E-state index in [1.54, 1.807) is 12.1 Å². The molecule has 2 unspecified atom stereocenters. The van der Waals surface area contributed by atoms with E-state index < -0.39 is 0 Å². The molecule has 0 amide bonds. The molecule has 1 aliphatic heterocycles. The molecule has 2 fully saturated rings. The minimum Gasteiger partial charge on any atom is -0.392 e. The van der Waals surface area contributed by atoms with E-state index in [0.717, 1.165) is 19.3 Å². The number of nitrogens with zero attached hydrogens (tertiary/aromatic N) is 2. The Morgan fingerprint density at radius 2 is 2.17 bits per heavy atom. The molecule has 1 saturated carbocycles. The van der Waals surface area contributed by atoms with E-state index in [1.165, 1.54) is 12.1 Å². The third kappa shape index (κ3) is 2.72. The lowest BCUT2D eigenvalue weighted by Crippen LogP contribution is -2.64. The van der Waals surface area contributed by atoms with Crippen LogP contribution in [0.4, 0.5) is 4.39 Å². The zero-order valence-corrected chi connectivity index (χ0v) is 13.2. The molecule has 1 aliphatic carbocycles. The van der Waals surface area contributed by atoms with Gasteiger partial charge in [-0.3, -0.25) is 0 Å². The number of aromatic nitrogens is 2. The molecule has 1 aromatic heterocycles. The predicted octanol–water partition coefficient (Wildman–Crippen LogP) is 1.90. The van der Waals surface area contributed by atoms with Gasteiger partial charge in [-0.1, -0.05) is 11.2 Å². The normalized spacial score (nSPS) is 25.6. The van der Waals surface area contributed by atoms with Gasteiger partial charge in [0.1, 0.15) is 5.82 Å². The number of hydrogen-bond acceptors (Lipinski definition) is 6. The highest BCUT2D eigenvalue weighted by molar-refractivity contribution is 5.52. The van der Waals surface area contributed by atoms with Crippen LogP contribution in [0.15, 0.2) is 28.8 Å². The molecule has 2 N–H and O–H groups in total. The van der Waals surface area contributed by atoms with Crippen LogP contribution < -0.4 is 5.32 Å². The monoisotopic (exact) mass is 333 g/mol. The second-order valence-corrected chi connectivity index (χ2v) is 6.56. The van der Waals surface area contributed by atoms with Crippen LogP contribution in [0.3, 0.4) is 0 Å². The maximum Gasteiger partial charge on any atom is 0.258 e. The number of nitrogens with one attached hydrogen (secondary N) is 1. The molecule has 2 heterocycles. The summed E-state index contributed by atoms with van der Waals surface area (Å²) in [4.78, 5) is 4.31.